The van der Waals surface area contributed by atoms with E-state index in [9.17, 15) is 4.79 Å². The Morgan fingerprint density at radius 1 is 1.64 bits per heavy atom. The fourth-order valence-corrected chi connectivity index (χ4v) is 2.16. The summed E-state index contributed by atoms with van der Waals surface area (Å²) in [6.07, 6.45) is 1.79. The first kappa shape index (κ1) is 9.18. The molecule has 1 aliphatic rings. The number of carboxylic acid groups (broad SMARTS) is 1. The molecule has 1 N–H and O–H groups in total. The number of aromatic nitrogens is 3. The van der Waals surface area contributed by atoms with Crippen molar-refractivity contribution in [2.24, 2.45) is 18.4 Å². The van der Waals surface area contributed by atoms with Crippen LogP contribution in [0.25, 0.3) is 0 Å². The molecule has 1 aromatic rings. The SMILES string of the molecule is Cn1cc(C2C(C(=O)O)C2(C)C)nn1. The lowest BCUT2D eigenvalue weighted by molar-refractivity contribution is -0.139. The fourth-order valence-electron chi connectivity index (χ4n) is 2.16. The molecule has 0 aliphatic heterocycles. The third kappa shape index (κ3) is 1.12. The molecular formula is C9H13N3O2. The number of hydrogen-bond acceptors (Lipinski definition) is 3. The van der Waals surface area contributed by atoms with Gasteiger partial charge >= 0.3 is 5.97 Å². The van der Waals surface area contributed by atoms with E-state index in [-0.39, 0.29) is 17.3 Å². The summed E-state index contributed by atoms with van der Waals surface area (Å²) in [7, 11) is 1.78. The van der Waals surface area contributed by atoms with Gasteiger partial charge in [-0.3, -0.25) is 9.48 Å². The minimum absolute atomic E-state index is 0.00806. The zero-order valence-electron chi connectivity index (χ0n) is 8.43. The van der Waals surface area contributed by atoms with E-state index < -0.39 is 5.97 Å². The maximum absolute atomic E-state index is 10.9. The average Bonchev–Trinajstić information content (AvgIpc) is 2.42. The Kier molecular flexibility index (Phi) is 1.68. The standard InChI is InChI=1S/C9H13N3O2/c1-9(2)6(7(9)8(13)14)5-4-12(3)11-10-5/h4,6-7H,1-3H3,(H,13,14). The van der Waals surface area contributed by atoms with Crippen molar-refractivity contribution in [1.82, 2.24) is 15.0 Å². The highest BCUT2D eigenvalue weighted by molar-refractivity contribution is 5.77. The first-order valence-corrected chi connectivity index (χ1v) is 4.53. The molecule has 1 fully saturated rings. The molecule has 76 valence electrons. The van der Waals surface area contributed by atoms with Crippen LogP contribution in [0.2, 0.25) is 0 Å². The normalized spacial score (nSPS) is 28.8. The van der Waals surface area contributed by atoms with E-state index >= 15 is 0 Å². The number of carboxylic acids is 1. The van der Waals surface area contributed by atoms with E-state index in [1.807, 2.05) is 13.8 Å². The molecular weight excluding hydrogens is 182 g/mol. The largest absolute Gasteiger partial charge is 0.481 e. The average molecular weight is 195 g/mol. The second kappa shape index (κ2) is 2.56. The summed E-state index contributed by atoms with van der Waals surface area (Å²) in [5.74, 6) is -1.06. The van der Waals surface area contributed by atoms with Crippen LogP contribution in [-0.4, -0.2) is 26.1 Å². The Bertz CT molecular complexity index is 383. The van der Waals surface area contributed by atoms with E-state index in [0.29, 0.717) is 0 Å². The van der Waals surface area contributed by atoms with Crippen molar-refractivity contribution in [3.8, 4) is 0 Å². The number of rotatable bonds is 2. The van der Waals surface area contributed by atoms with Gasteiger partial charge in [-0.2, -0.15) is 0 Å². The van der Waals surface area contributed by atoms with Crippen LogP contribution in [0.1, 0.15) is 25.5 Å². The van der Waals surface area contributed by atoms with Gasteiger partial charge in [0.15, 0.2) is 0 Å². The molecule has 2 atom stereocenters. The van der Waals surface area contributed by atoms with Crippen molar-refractivity contribution in [3.63, 3.8) is 0 Å². The first-order chi connectivity index (χ1) is 6.44. The van der Waals surface area contributed by atoms with Gasteiger partial charge in [0.25, 0.3) is 0 Å². The third-order valence-electron chi connectivity index (χ3n) is 3.03. The Balaban J connectivity index is 2.27. The number of nitrogens with zero attached hydrogens (tertiary/aromatic N) is 3. The van der Waals surface area contributed by atoms with Crippen LogP contribution < -0.4 is 0 Å². The maximum atomic E-state index is 10.9. The molecule has 5 nitrogen and oxygen atoms in total. The van der Waals surface area contributed by atoms with Gasteiger partial charge in [0.05, 0.1) is 11.6 Å². The molecule has 2 rings (SSSR count). The molecule has 0 saturated heterocycles. The summed E-state index contributed by atoms with van der Waals surface area (Å²) in [6, 6.07) is 0. The molecule has 0 spiro atoms. The van der Waals surface area contributed by atoms with E-state index in [2.05, 4.69) is 10.3 Å². The van der Waals surface area contributed by atoms with Crippen LogP contribution in [0.4, 0.5) is 0 Å². The van der Waals surface area contributed by atoms with Gasteiger partial charge in [0.1, 0.15) is 0 Å². The van der Waals surface area contributed by atoms with E-state index in [1.165, 1.54) is 0 Å². The molecule has 0 amide bonds. The summed E-state index contributed by atoms with van der Waals surface area (Å²) in [5, 5.41) is 16.7. The van der Waals surface area contributed by atoms with Gasteiger partial charge in [-0.15, -0.1) is 5.10 Å². The van der Waals surface area contributed by atoms with Crippen LogP contribution in [-0.2, 0) is 11.8 Å². The summed E-state index contributed by atoms with van der Waals surface area (Å²) >= 11 is 0. The number of aliphatic carboxylic acids is 1. The Labute approximate surface area is 81.7 Å². The Hall–Kier alpha value is -1.39. The number of aryl methyl sites for hydroxylation is 1. The van der Waals surface area contributed by atoms with Gasteiger partial charge < -0.3 is 5.11 Å². The maximum Gasteiger partial charge on any atom is 0.307 e. The van der Waals surface area contributed by atoms with Gasteiger partial charge in [-0.05, 0) is 5.41 Å². The molecule has 0 bridgehead atoms. The van der Waals surface area contributed by atoms with Gasteiger partial charge in [-0.25, -0.2) is 0 Å². The highest BCUT2D eigenvalue weighted by Gasteiger charge is 2.63. The highest BCUT2D eigenvalue weighted by atomic mass is 16.4. The lowest BCUT2D eigenvalue weighted by atomic mass is 10.1. The third-order valence-corrected chi connectivity index (χ3v) is 3.03. The first-order valence-electron chi connectivity index (χ1n) is 4.53. The van der Waals surface area contributed by atoms with Gasteiger partial charge in [0.2, 0.25) is 0 Å². The van der Waals surface area contributed by atoms with Crippen molar-refractivity contribution in [2.45, 2.75) is 19.8 Å². The van der Waals surface area contributed by atoms with Crippen molar-refractivity contribution in [2.75, 3.05) is 0 Å². The minimum Gasteiger partial charge on any atom is -0.481 e. The molecule has 1 heterocycles. The fraction of sp³-hybridized carbons (Fsp3) is 0.667. The highest BCUT2D eigenvalue weighted by Crippen LogP contribution is 2.63. The Morgan fingerprint density at radius 2 is 2.29 bits per heavy atom. The van der Waals surface area contributed by atoms with Gasteiger partial charge in [0, 0.05) is 19.2 Å². The van der Waals surface area contributed by atoms with E-state index in [4.69, 9.17) is 5.11 Å². The zero-order valence-corrected chi connectivity index (χ0v) is 8.43. The van der Waals surface area contributed by atoms with Crippen molar-refractivity contribution < 1.29 is 9.90 Å². The number of hydrogen-bond donors (Lipinski definition) is 1. The summed E-state index contributed by atoms with van der Waals surface area (Å²) < 4.78 is 1.60. The summed E-state index contributed by atoms with van der Waals surface area (Å²) in [4.78, 5) is 10.9. The second-order valence-electron chi connectivity index (χ2n) is 4.43. The lowest BCUT2D eigenvalue weighted by Crippen LogP contribution is -2.03. The summed E-state index contributed by atoms with van der Waals surface area (Å²) in [5.41, 5.74) is 0.590. The van der Waals surface area contributed by atoms with Crippen molar-refractivity contribution >= 4 is 5.97 Å². The summed E-state index contributed by atoms with van der Waals surface area (Å²) in [6.45, 7) is 3.90. The van der Waals surface area contributed by atoms with Crippen LogP contribution in [0.15, 0.2) is 6.20 Å². The van der Waals surface area contributed by atoms with Crippen LogP contribution in [0.5, 0.6) is 0 Å². The molecule has 0 aromatic carbocycles. The molecule has 14 heavy (non-hydrogen) atoms. The van der Waals surface area contributed by atoms with Crippen LogP contribution >= 0.6 is 0 Å². The van der Waals surface area contributed by atoms with Crippen molar-refractivity contribution in [3.05, 3.63) is 11.9 Å². The quantitative estimate of drug-likeness (QED) is 0.751. The van der Waals surface area contributed by atoms with Gasteiger partial charge in [-0.1, -0.05) is 19.1 Å². The second-order valence-corrected chi connectivity index (χ2v) is 4.43. The van der Waals surface area contributed by atoms with Crippen LogP contribution in [0.3, 0.4) is 0 Å². The van der Waals surface area contributed by atoms with Crippen molar-refractivity contribution in [1.29, 1.82) is 0 Å². The molecule has 2 unspecified atom stereocenters. The van der Waals surface area contributed by atoms with E-state index in [0.717, 1.165) is 5.69 Å². The predicted molar refractivity (Wildman–Crippen MR) is 48.7 cm³/mol. The van der Waals surface area contributed by atoms with Crippen LogP contribution in [0, 0.1) is 11.3 Å². The smallest absolute Gasteiger partial charge is 0.307 e. The van der Waals surface area contributed by atoms with E-state index in [1.54, 1.807) is 17.9 Å². The number of carbonyl (C=O) groups is 1. The molecule has 1 aliphatic carbocycles. The molecule has 1 aromatic heterocycles. The molecule has 0 radical (unpaired) electrons. The predicted octanol–water partition coefficient (Wildman–Crippen LogP) is 0.639. The molecule has 1 saturated carbocycles. The zero-order chi connectivity index (χ0) is 10.5. The lowest BCUT2D eigenvalue weighted by Gasteiger charge is -1.96. The minimum atomic E-state index is -0.745. The molecule has 5 heteroatoms. The Morgan fingerprint density at radius 3 is 2.64 bits per heavy atom. The topological polar surface area (TPSA) is 68.0 Å². The monoisotopic (exact) mass is 195 g/mol.